The largest absolute Gasteiger partial charge is 0.494 e. The highest BCUT2D eigenvalue weighted by atomic mass is 16.6. The molecule has 5 nitrogen and oxygen atoms in total. The Labute approximate surface area is 125 Å². The van der Waals surface area contributed by atoms with Gasteiger partial charge in [0.25, 0.3) is 0 Å². The van der Waals surface area contributed by atoms with Gasteiger partial charge in [0.2, 0.25) is 0 Å². The van der Waals surface area contributed by atoms with Gasteiger partial charge in [-0.25, -0.2) is 9.59 Å². The van der Waals surface area contributed by atoms with Crippen LogP contribution in [-0.4, -0.2) is 31.8 Å². The number of rotatable bonds is 7. The number of esters is 2. The fraction of sp³-hybridized carbons (Fsp3) is 0.500. The van der Waals surface area contributed by atoms with Gasteiger partial charge in [-0.1, -0.05) is 13.8 Å². The zero-order chi connectivity index (χ0) is 15.8. The summed E-state index contributed by atoms with van der Waals surface area (Å²) in [5, 5.41) is 0. The third kappa shape index (κ3) is 5.45. The predicted octanol–water partition coefficient (Wildman–Crippen LogP) is 2.83. The van der Waals surface area contributed by atoms with E-state index in [9.17, 15) is 9.59 Å². The lowest BCUT2D eigenvalue weighted by molar-refractivity contribution is -0.151. The van der Waals surface area contributed by atoms with E-state index in [1.165, 1.54) is 7.11 Å². The van der Waals surface area contributed by atoms with Crippen LogP contribution in [0.5, 0.6) is 5.75 Å². The van der Waals surface area contributed by atoms with E-state index in [1.807, 2.05) is 20.8 Å². The number of hydrogen-bond acceptors (Lipinski definition) is 5. The minimum absolute atomic E-state index is 0.210. The molecule has 21 heavy (non-hydrogen) atoms. The van der Waals surface area contributed by atoms with E-state index in [1.54, 1.807) is 24.3 Å². The standard InChI is InChI=1S/C16H22O5/c1-5-20-13-8-6-12(7-9-13)15(17)21-14(10-11(2)3)16(18)19-4/h6-9,11,14H,5,10H2,1-4H3. The average molecular weight is 294 g/mol. The van der Waals surface area contributed by atoms with E-state index in [2.05, 4.69) is 4.74 Å². The van der Waals surface area contributed by atoms with Gasteiger partial charge in [-0.05, 0) is 43.5 Å². The van der Waals surface area contributed by atoms with Gasteiger partial charge in [-0.3, -0.25) is 0 Å². The third-order valence-corrected chi connectivity index (χ3v) is 2.80. The van der Waals surface area contributed by atoms with Crippen LogP contribution in [0.25, 0.3) is 0 Å². The first-order valence-corrected chi connectivity index (χ1v) is 6.99. The van der Waals surface area contributed by atoms with Crippen LogP contribution in [0.4, 0.5) is 0 Å². The molecule has 0 N–H and O–H groups in total. The molecule has 1 aromatic carbocycles. The molecule has 1 rings (SSSR count). The Bertz CT molecular complexity index is 464. The number of carbonyl (C=O) groups excluding carboxylic acids is 2. The van der Waals surface area contributed by atoms with Crippen molar-refractivity contribution in [1.82, 2.24) is 0 Å². The van der Waals surface area contributed by atoms with E-state index >= 15 is 0 Å². The van der Waals surface area contributed by atoms with Crippen molar-refractivity contribution in [2.24, 2.45) is 5.92 Å². The van der Waals surface area contributed by atoms with Crippen LogP contribution >= 0.6 is 0 Å². The minimum Gasteiger partial charge on any atom is -0.494 e. The van der Waals surface area contributed by atoms with E-state index in [-0.39, 0.29) is 5.92 Å². The lowest BCUT2D eigenvalue weighted by Gasteiger charge is -2.17. The first-order chi connectivity index (χ1) is 9.97. The van der Waals surface area contributed by atoms with Crippen LogP contribution in [-0.2, 0) is 14.3 Å². The summed E-state index contributed by atoms with van der Waals surface area (Å²) < 4.78 is 15.2. The molecule has 5 heteroatoms. The molecule has 0 bridgehead atoms. The fourth-order valence-electron chi connectivity index (χ4n) is 1.80. The topological polar surface area (TPSA) is 61.8 Å². The van der Waals surface area contributed by atoms with Gasteiger partial charge in [0, 0.05) is 0 Å². The van der Waals surface area contributed by atoms with Crippen molar-refractivity contribution in [3.05, 3.63) is 29.8 Å². The molecule has 0 aliphatic carbocycles. The lowest BCUT2D eigenvalue weighted by Crippen LogP contribution is -2.29. The maximum absolute atomic E-state index is 12.1. The van der Waals surface area contributed by atoms with Crippen LogP contribution in [0.1, 0.15) is 37.6 Å². The smallest absolute Gasteiger partial charge is 0.347 e. The molecule has 0 aromatic heterocycles. The molecule has 0 aliphatic heterocycles. The molecule has 0 amide bonds. The highest BCUT2D eigenvalue weighted by molar-refractivity contribution is 5.91. The van der Waals surface area contributed by atoms with Crippen molar-refractivity contribution < 1.29 is 23.8 Å². The van der Waals surface area contributed by atoms with Gasteiger partial charge < -0.3 is 14.2 Å². The van der Waals surface area contributed by atoms with Crippen molar-refractivity contribution in [3.8, 4) is 5.75 Å². The van der Waals surface area contributed by atoms with Gasteiger partial charge in [0.1, 0.15) is 5.75 Å². The quantitative estimate of drug-likeness (QED) is 0.724. The summed E-state index contributed by atoms with van der Waals surface area (Å²) in [6, 6.07) is 6.60. The normalized spacial score (nSPS) is 11.9. The summed E-state index contributed by atoms with van der Waals surface area (Å²) in [6.45, 7) is 6.33. The van der Waals surface area contributed by atoms with Crippen molar-refractivity contribution >= 4 is 11.9 Å². The zero-order valence-electron chi connectivity index (χ0n) is 12.9. The summed E-state index contributed by atoms with van der Waals surface area (Å²) in [5.74, 6) is -0.194. The Morgan fingerprint density at radius 2 is 1.76 bits per heavy atom. The average Bonchev–Trinajstić information content (AvgIpc) is 2.46. The molecule has 1 unspecified atom stereocenters. The van der Waals surface area contributed by atoms with Gasteiger partial charge in [-0.15, -0.1) is 0 Å². The minimum atomic E-state index is -0.880. The van der Waals surface area contributed by atoms with E-state index in [0.29, 0.717) is 24.3 Å². The van der Waals surface area contributed by atoms with Crippen molar-refractivity contribution in [1.29, 1.82) is 0 Å². The molecule has 0 radical (unpaired) electrons. The number of benzene rings is 1. The summed E-state index contributed by atoms with van der Waals surface area (Å²) in [5.41, 5.74) is 0.371. The Morgan fingerprint density at radius 1 is 1.14 bits per heavy atom. The molecule has 0 fully saturated rings. The van der Waals surface area contributed by atoms with Crippen molar-refractivity contribution in [3.63, 3.8) is 0 Å². The lowest BCUT2D eigenvalue weighted by atomic mass is 10.1. The second-order valence-electron chi connectivity index (χ2n) is 5.00. The number of ether oxygens (including phenoxy) is 3. The molecule has 0 heterocycles. The number of carbonyl (C=O) groups is 2. The molecule has 116 valence electrons. The number of methoxy groups -OCH3 is 1. The summed E-state index contributed by atoms with van der Waals surface area (Å²) in [4.78, 5) is 23.7. The molecule has 1 aromatic rings. The first kappa shape index (κ1) is 17.0. The fourth-order valence-corrected chi connectivity index (χ4v) is 1.80. The van der Waals surface area contributed by atoms with Gasteiger partial charge >= 0.3 is 11.9 Å². The van der Waals surface area contributed by atoms with Gasteiger partial charge in [-0.2, -0.15) is 0 Å². The molecule has 0 spiro atoms. The van der Waals surface area contributed by atoms with Gasteiger partial charge in [0.15, 0.2) is 6.10 Å². The van der Waals surface area contributed by atoms with Crippen LogP contribution in [0.15, 0.2) is 24.3 Å². The van der Waals surface area contributed by atoms with Crippen LogP contribution in [0.2, 0.25) is 0 Å². The summed E-state index contributed by atoms with van der Waals surface area (Å²) >= 11 is 0. The Morgan fingerprint density at radius 3 is 2.24 bits per heavy atom. The Hall–Kier alpha value is -2.04. The number of hydrogen-bond donors (Lipinski definition) is 0. The van der Waals surface area contributed by atoms with Crippen molar-refractivity contribution in [2.45, 2.75) is 33.3 Å². The first-order valence-electron chi connectivity index (χ1n) is 6.99. The monoisotopic (exact) mass is 294 g/mol. The van der Waals surface area contributed by atoms with Crippen molar-refractivity contribution in [2.75, 3.05) is 13.7 Å². The SMILES string of the molecule is CCOc1ccc(C(=O)OC(CC(C)C)C(=O)OC)cc1. The van der Waals surface area contributed by atoms with E-state index < -0.39 is 18.0 Å². The molecule has 0 saturated heterocycles. The molecule has 0 aliphatic rings. The highest BCUT2D eigenvalue weighted by Gasteiger charge is 2.25. The van der Waals surface area contributed by atoms with Crippen LogP contribution in [0.3, 0.4) is 0 Å². The second-order valence-corrected chi connectivity index (χ2v) is 5.00. The third-order valence-electron chi connectivity index (χ3n) is 2.80. The van der Waals surface area contributed by atoms with E-state index in [0.717, 1.165) is 0 Å². The van der Waals surface area contributed by atoms with E-state index in [4.69, 9.17) is 9.47 Å². The second kappa shape index (κ2) is 8.29. The zero-order valence-corrected chi connectivity index (χ0v) is 12.9. The molecular formula is C16H22O5. The van der Waals surface area contributed by atoms with Crippen LogP contribution < -0.4 is 4.74 Å². The van der Waals surface area contributed by atoms with Gasteiger partial charge in [0.05, 0.1) is 19.3 Å². The van der Waals surface area contributed by atoms with Crippen LogP contribution in [0, 0.1) is 5.92 Å². The Balaban J connectivity index is 2.74. The Kier molecular flexibility index (Phi) is 6.72. The molecule has 1 atom stereocenters. The summed E-state index contributed by atoms with van der Waals surface area (Å²) in [7, 11) is 1.28. The predicted molar refractivity (Wildman–Crippen MR) is 78.3 cm³/mol. The maximum Gasteiger partial charge on any atom is 0.347 e. The maximum atomic E-state index is 12.1. The molecular weight excluding hydrogens is 272 g/mol. The highest BCUT2D eigenvalue weighted by Crippen LogP contribution is 2.16. The summed E-state index contributed by atoms with van der Waals surface area (Å²) in [6.07, 6.45) is -0.454. The molecule has 0 saturated carbocycles.